The lowest BCUT2D eigenvalue weighted by molar-refractivity contribution is -0.191. The number of benzene rings is 2. The van der Waals surface area contributed by atoms with Crippen LogP contribution < -0.4 is 4.90 Å². The van der Waals surface area contributed by atoms with Crippen LogP contribution in [0.25, 0.3) is 10.9 Å². The number of carbonyl (C=O) groups is 1. The summed E-state index contributed by atoms with van der Waals surface area (Å²) < 4.78 is 5.60. The molecule has 8 heteroatoms. The van der Waals surface area contributed by atoms with Gasteiger partial charge in [0.15, 0.2) is 0 Å². The number of nitrogens with one attached hydrogen (secondary N) is 1. The molecule has 2 heterocycles. The average molecular weight is 545 g/mol. The molecule has 4 rings (SSSR count). The van der Waals surface area contributed by atoms with Crippen molar-refractivity contribution in [1.82, 2.24) is 9.88 Å². The first-order chi connectivity index (χ1) is 18.9. The number of nitriles is 1. The van der Waals surface area contributed by atoms with Crippen molar-refractivity contribution < 1.29 is 19.1 Å². The van der Waals surface area contributed by atoms with E-state index < -0.39 is 5.60 Å². The fourth-order valence-corrected chi connectivity index (χ4v) is 5.45. The van der Waals surface area contributed by atoms with Crippen LogP contribution in [0.15, 0.2) is 36.4 Å². The number of H-pyrrole nitrogens is 1. The third kappa shape index (κ3) is 6.91. The van der Waals surface area contributed by atoms with Gasteiger partial charge in [-0.2, -0.15) is 14.9 Å². The zero-order chi connectivity index (χ0) is 29.6. The summed E-state index contributed by atoms with van der Waals surface area (Å²) in [4.78, 5) is 36.6. The number of aryl methyl sites for hydroxylation is 2. The minimum absolute atomic E-state index is 0.213. The standard InChI is InChI=1S/C31H40N4O2.CO2/c1-8-23-10-11-25(18-27(23)24-13-15-34(16-14-24)30(36)37-31(5,6)7)35(20(2)3)29-21(4)26-12-9-22(19-32)17-28(26)33-29;2-1-3/h9-12,17-18,20,24,33H,8,13-16H2,1-7H3;. The van der Waals surface area contributed by atoms with E-state index in [0.717, 1.165) is 41.7 Å². The highest BCUT2D eigenvalue weighted by atomic mass is 16.6. The molecule has 1 aromatic heterocycles. The average Bonchev–Trinajstić information content (AvgIpc) is 3.23. The lowest BCUT2D eigenvalue weighted by atomic mass is 9.85. The van der Waals surface area contributed by atoms with E-state index in [1.54, 1.807) is 0 Å². The van der Waals surface area contributed by atoms with Gasteiger partial charge in [-0.3, -0.25) is 0 Å². The maximum absolute atomic E-state index is 12.6. The largest absolute Gasteiger partial charge is 0.444 e. The van der Waals surface area contributed by atoms with Crippen LogP contribution in [0.4, 0.5) is 16.3 Å². The third-order valence-electron chi connectivity index (χ3n) is 7.29. The maximum Gasteiger partial charge on any atom is 0.410 e. The number of ether oxygens (including phenoxy) is 1. The number of piperidine rings is 1. The molecule has 0 bridgehead atoms. The maximum atomic E-state index is 12.6. The van der Waals surface area contributed by atoms with Crippen molar-refractivity contribution in [3.05, 3.63) is 58.7 Å². The number of hydrogen-bond donors (Lipinski definition) is 1. The summed E-state index contributed by atoms with van der Waals surface area (Å²) in [6.07, 6.45) is 2.88. The summed E-state index contributed by atoms with van der Waals surface area (Å²) in [6, 6.07) is 15.2. The summed E-state index contributed by atoms with van der Waals surface area (Å²) in [5.74, 6) is 1.47. The topological polar surface area (TPSA) is 106 Å². The van der Waals surface area contributed by atoms with E-state index in [1.165, 1.54) is 16.7 Å². The van der Waals surface area contributed by atoms with Crippen molar-refractivity contribution in [1.29, 1.82) is 5.26 Å². The van der Waals surface area contributed by atoms with Gasteiger partial charge in [-0.1, -0.05) is 19.1 Å². The Hall–Kier alpha value is -4.08. The monoisotopic (exact) mass is 544 g/mol. The first-order valence-corrected chi connectivity index (χ1v) is 13.9. The van der Waals surface area contributed by atoms with Gasteiger partial charge in [0.2, 0.25) is 0 Å². The number of carbonyl (C=O) groups excluding carboxylic acids is 3. The molecule has 0 saturated carbocycles. The number of aromatic nitrogens is 1. The first kappa shape index (κ1) is 30.5. The number of likely N-dealkylation sites (tertiary alicyclic amines) is 1. The van der Waals surface area contributed by atoms with E-state index in [9.17, 15) is 10.1 Å². The Morgan fingerprint density at radius 2 is 1.80 bits per heavy atom. The smallest absolute Gasteiger partial charge is 0.410 e. The highest BCUT2D eigenvalue weighted by Gasteiger charge is 2.29. The SMILES string of the molecule is CCc1ccc(N(c2[nH]c3cc(C#N)ccc3c2C)C(C)C)cc1C1CCN(C(=O)OC(C)(C)C)CC1.O=C=O. The molecular weight excluding hydrogens is 504 g/mol. The molecule has 212 valence electrons. The highest BCUT2D eigenvalue weighted by molar-refractivity contribution is 5.91. The van der Waals surface area contributed by atoms with Gasteiger partial charge in [0.05, 0.1) is 11.6 Å². The Bertz CT molecular complexity index is 1410. The lowest BCUT2D eigenvalue weighted by Gasteiger charge is -2.35. The van der Waals surface area contributed by atoms with Crippen LogP contribution in [0, 0.1) is 18.3 Å². The molecule has 3 aromatic rings. The predicted molar refractivity (Wildman–Crippen MR) is 156 cm³/mol. The zero-order valence-electron chi connectivity index (χ0n) is 24.6. The summed E-state index contributed by atoms with van der Waals surface area (Å²) in [5, 5.41) is 10.5. The van der Waals surface area contributed by atoms with Gasteiger partial charge in [0.25, 0.3) is 0 Å². The molecule has 0 radical (unpaired) electrons. The van der Waals surface area contributed by atoms with E-state index in [2.05, 4.69) is 61.8 Å². The van der Waals surface area contributed by atoms with Crippen molar-refractivity contribution in [2.24, 2.45) is 0 Å². The fourth-order valence-electron chi connectivity index (χ4n) is 5.45. The van der Waals surface area contributed by atoms with Gasteiger partial charge in [-0.25, -0.2) is 4.79 Å². The fraction of sp³-hybridized carbons (Fsp3) is 0.469. The van der Waals surface area contributed by atoms with Gasteiger partial charge in [-0.15, -0.1) is 0 Å². The molecule has 0 aliphatic carbocycles. The van der Waals surface area contributed by atoms with Crippen LogP contribution in [0.5, 0.6) is 0 Å². The van der Waals surface area contributed by atoms with Crippen LogP contribution in [-0.2, 0) is 20.7 Å². The van der Waals surface area contributed by atoms with Gasteiger partial charge in [-0.05, 0) is 108 Å². The molecule has 0 spiro atoms. The van der Waals surface area contributed by atoms with Gasteiger partial charge in [0, 0.05) is 35.7 Å². The third-order valence-corrected chi connectivity index (χ3v) is 7.29. The summed E-state index contributed by atoms with van der Waals surface area (Å²) >= 11 is 0. The molecular formula is C32H40N4O4. The molecule has 40 heavy (non-hydrogen) atoms. The van der Waals surface area contributed by atoms with Crippen LogP contribution >= 0.6 is 0 Å². The minimum Gasteiger partial charge on any atom is -0.444 e. The second-order valence-electron chi connectivity index (χ2n) is 11.5. The number of fused-ring (bicyclic) bond motifs is 1. The highest BCUT2D eigenvalue weighted by Crippen LogP contribution is 2.38. The van der Waals surface area contributed by atoms with Crippen LogP contribution in [-0.4, -0.2) is 46.9 Å². The van der Waals surface area contributed by atoms with Gasteiger partial charge >= 0.3 is 12.2 Å². The molecule has 1 saturated heterocycles. The Kier molecular flexibility index (Phi) is 9.78. The second-order valence-corrected chi connectivity index (χ2v) is 11.5. The van der Waals surface area contributed by atoms with Gasteiger partial charge in [0.1, 0.15) is 11.4 Å². The number of hydrogen-bond acceptors (Lipinski definition) is 6. The van der Waals surface area contributed by atoms with E-state index >= 15 is 0 Å². The Morgan fingerprint density at radius 1 is 1.15 bits per heavy atom. The van der Waals surface area contributed by atoms with Crippen LogP contribution in [0.1, 0.15) is 82.6 Å². The molecule has 8 nitrogen and oxygen atoms in total. The normalized spacial score (nSPS) is 13.8. The Morgan fingerprint density at radius 3 is 2.35 bits per heavy atom. The van der Waals surface area contributed by atoms with E-state index in [1.807, 2.05) is 43.9 Å². The Labute approximate surface area is 236 Å². The van der Waals surface area contributed by atoms with Crippen molar-refractivity contribution in [2.75, 3.05) is 18.0 Å². The molecule has 2 aromatic carbocycles. The van der Waals surface area contributed by atoms with Crippen LogP contribution in [0.3, 0.4) is 0 Å². The van der Waals surface area contributed by atoms with Gasteiger partial charge < -0.3 is 19.5 Å². The number of nitrogens with zero attached hydrogens (tertiary/aromatic N) is 3. The van der Waals surface area contributed by atoms with Crippen molar-refractivity contribution in [3.63, 3.8) is 0 Å². The quantitative estimate of drug-likeness (QED) is 0.371. The summed E-state index contributed by atoms with van der Waals surface area (Å²) in [6.45, 7) is 15.9. The summed E-state index contributed by atoms with van der Waals surface area (Å²) in [5.41, 5.74) is 6.26. The molecule has 1 aliphatic heterocycles. The molecule has 1 N–H and O–H groups in total. The van der Waals surface area contributed by atoms with E-state index in [-0.39, 0.29) is 18.3 Å². The van der Waals surface area contributed by atoms with Crippen molar-refractivity contribution in [2.45, 2.75) is 85.3 Å². The number of rotatable bonds is 5. The van der Waals surface area contributed by atoms with Crippen LogP contribution in [0.2, 0.25) is 0 Å². The molecule has 1 amide bonds. The van der Waals surface area contributed by atoms with Crippen molar-refractivity contribution in [3.8, 4) is 6.07 Å². The molecule has 1 fully saturated rings. The molecule has 0 unspecified atom stereocenters. The number of anilines is 2. The number of amides is 1. The van der Waals surface area contributed by atoms with E-state index in [0.29, 0.717) is 24.6 Å². The lowest BCUT2D eigenvalue weighted by Crippen LogP contribution is -2.41. The predicted octanol–water partition coefficient (Wildman–Crippen LogP) is 6.99. The van der Waals surface area contributed by atoms with E-state index in [4.69, 9.17) is 14.3 Å². The first-order valence-electron chi connectivity index (χ1n) is 13.9. The zero-order valence-corrected chi connectivity index (χ0v) is 24.6. The second kappa shape index (κ2) is 12.8. The minimum atomic E-state index is -0.477. The summed E-state index contributed by atoms with van der Waals surface area (Å²) in [7, 11) is 0. The Balaban J connectivity index is 0.00000141. The van der Waals surface area contributed by atoms with Crippen molar-refractivity contribution >= 4 is 34.7 Å². The number of aromatic amines is 1. The molecule has 0 atom stereocenters. The molecule has 1 aliphatic rings.